The van der Waals surface area contributed by atoms with Crippen LogP contribution in [0.3, 0.4) is 0 Å². The van der Waals surface area contributed by atoms with E-state index in [1.807, 2.05) is 54.6 Å². The van der Waals surface area contributed by atoms with Gasteiger partial charge in [-0.2, -0.15) is 0 Å². The van der Waals surface area contributed by atoms with Crippen molar-refractivity contribution in [2.24, 2.45) is 0 Å². The van der Waals surface area contributed by atoms with E-state index in [0.717, 1.165) is 66.7 Å². The maximum Gasteiger partial charge on any atom is 0.196 e. The van der Waals surface area contributed by atoms with Gasteiger partial charge in [-0.25, -0.2) is 15.0 Å². The zero-order valence-electron chi connectivity index (χ0n) is 26.5. The highest BCUT2D eigenvalue weighted by Crippen LogP contribution is 2.44. The van der Waals surface area contributed by atoms with Gasteiger partial charge in [0.2, 0.25) is 0 Å². The van der Waals surface area contributed by atoms with Gasteiger partial charge in [-0.1, -0.05) is 146 Å². The van der Waals surface area contributed by atoms with E-state index in [-0.39, 0.29) is 6.23 Å². The summed E-state index contributed by atoms with van der Waals surface area (Å²) in [6.45, 7) is 0. The van der Waals surface area contributed by atoms with E-state index in [2.05, 4.69) is 121 Å². The summed E-state index contributed by atoms with van der Waals surface area (Å²) in [7, 11) is 0. The summed E-state index contributed by atoms with van der Waals surface area (Å²) in [4.78, 5) is 15.0. The smallest absolute Gasteiger partial charge is 0.196 e. The van der Waals surface area contributed by atoms with Gasteiger partial charge in [0, 0.05) is 27.6 Å². The molecule has 0 fully saturated rings. The molecule has 1 aromatic heterocycles. The fourth-order valence-corrected chi connectivity index (χ4v) is 6.44. The van der Waals surface area contributed by atoms with Crippen LogP contribution in [0.15, 0.2) is 170 Å². The monoisotopic (exact) mass is 630 g/mol. The van der Waals surface area contributed by atoms with Crippen LogP contribution in [0.4, 0.5) is 5.69 Å². The maximum atomic E-state index is 6.50. The summed E-state index contributed by atoms with van der Waals surface area (Å²) in [5, 5.41) is 5.73. The third kappa shape index (κ3) is 5.57. The first kappa shape index (κ1) is 28.6. The van der Waals surface area contributed by atoms with Gasteiger partial charge >= 0.3 is 0 Å². The van der Waals surface area contributed by atoms with Gasteiger partial charge in [0.15, 0.2) is 29.5 Å². The number of nitrogens with zero attached hydrogens (tertiary/aromatic N) is 3. The Morgan fingerprint density at radius 2 is 0.898 bits per heavy atom. The van der Waals surface area contributed by atoms with Crippen LogP contribution >= 0.6 is 0 Å². The summed E-state index contributed by atoms with van der Waals surface area (Å²) >= 11 is 0. The van der Waals surface area contributed by atoms with Crippen molar-refractivity contribution in [3.8, 4) is 62.2 Å². The molecule has 8 aromatic rings. The van der Waals surface area contributed by atoms with Crippen molar-refractivity contribution in [2.75, 3.05) is 5.32 Å². The minimum Gasteiger partial charge on any atom is -0.464 e. The first-order valence-corrected chi connectivity index (χ1v) is 16.4. The average molecular weight is 631 g/mol. The minimum atomic E-state index is -0.223. The lowest BCUT2D eigenvalue weighted by molar-refractivity contribution is 0.262. The maximum absolute atomic E-state index is 6.50. The molecule has 5 heteroatoms. The molecular weight excluding hydrogens is 601 g/mol. The first-order valence-electron chi connectivity index (χ1n) is 16.4. The van der Waals surface area contributed by atoms with Crippen LogP contribution in [0.5, 0.6) is 5.75 Å². The second-order valence-corrected chi connectivity index (χ2v) is 12.1. The van der Waals surface area contributed by atoms with Gasteiger partial charge in [-0.15, -0.1) is 0 Å². The topological polar surface area (TPSA) is 59.9 Å². The highest BCUT2D eigenvalue weighted by Gasteiger charge is 2.25. The summed E-state index contributed by atoms with van der Waals surface area (Å²) in [5.41, 5.74) is 9.28. The number of benzene rings is 7. The van der Waals surface area contributed by atoms with Crippen molar-refractivity contribution in [2.45, 2.75) is 6.23 Å². The van der Waals surface area contributed by atoms with Crippen molar-refractivity contribution < 1.29 is 4.74 Å². The molecular formula is C44H30N4O. The number of aromatic nitrogens is 3. The standard InChI is InChI=1S/C44H30N4O/c1-4-12-29(13-5-1)33-18-10-20-36(26-33)42-46-41(31-14-6-2-7-15-31)47-43(48-42)37-21-11-19-34(27-37)35-23-22-30-24-25-39-40(38(30)28-35)49-44(45-39)32-16-8-3-9-17-32/h1-28,44-45H. The number of fused-ring (bicyclic) bond motifs is 3. The number of anilines is 1. The Kier molecular flexibility index (Phi) is 7.13. The van der Waals surface area contributed by atoms with Crippen LogP contribution in [-0.4, -0.2) is 15.0 Å². The van der Waals surface area contributed by atoms with Crippen LogP contribution in [0.25, 0.3) is 67.2 Å². The van der Waals surface area contributed by atoms with E-state index in [0.29, 0.717) is 17.5 Å². The van der Waals surface area contributed by atoms with E-state index in [9.17, 15) is 0 Å². The SMILES string of the molecule is c1ccc(-c2cccc(-c3nc(-c4ccccc4)nc(-c4cccc(-c5ccc6ccc7c(c6c5)OC(c5ccccc5)N7)c4)n3)c2)cc1. The molecule has 1 N–H and O–H groups in total. The second-order valence-electron chi connectivity index (χ2n) is 12.1. The van der Waals surface area contributed by atoms with Gasteiger partial charge in [0.25, 0.3) is 0 Å². The molecule has 9 rings (SSSR count). The molecule has 1 unspecified atom stereocenters. The summed E-state index contributed by atoms with van der Waals surface area (Å²) in [6, 6.07) is 58.3. The molecule has 232 valence electrons. The molecule has 0 saturated heterocycles. The third-order valence-corrected chi connectivity index (χ3v) is 8.95. The highest BCUT2D eigenvalue weighted by molar-refractivity contribution is 5.97. The van der Waals surface area contributed by atoms with Gasteiger partial charge in [0.1, 0.15) is 0 Å². The molecule has 7 aromatic carbocycles. The molecule has 0 amide bonds. The normalized spacial score (nSPS) is 13.4. The zero-order valence-corrected chi connectivity index (χ0v) is 26.5. The Balaban J connectivity index is 1.12. The average Bonchev–Trinajstić information content (AvgIpc) is 3.64. The number of ether oxygens (including phenoxy) is 1. The summed E-state index contributed by atoms with van der Waals surface area (Å²) < 4.78 is 6.50. The molecule has 5 nitrogen and oxygen atoms in total. The number of nitrogens with one attached hydrogen (secondary N) is 1. The second kappa shape index (κ2) is 12.2. The van der Waals surface area contributed by atoms with E-state index < -0.39 is 0 Å². The van der Waals surface area contributed by atoms with Crippen LogP contribution in [0, 0.1) is 0 Å². The Hall–Kier alpha value is -6.59. The van der Waals surface area contributed by atoms with Crippen molar-refractivity contribution in [1.82, 2.24) is 15.0 Å². The Labute approximate surface area is 284 Å². The molecule has 0 spiro atoms. The molecule has 1 aliphatic rings. The fraction of sp³-hybridized carbons (Fsp3) is 0.0227. The van der Waals surface area contributed by atoms with E-state index in [1.165, 1.54) is 0 Å². The Bertz CT molecular complexity index is 2450. The lowest BCUT2D eigenvalue weighted by Gasteiger charge is -2.12. The highest BCUT2D eigenvalue weighted by atomic mass is 16.5. The van der Waals surface area contributed by atoms with Crippen LogP contribution in [0.1, 0.15) is 11.8 Å². The van der Waals surface area contributed by atoms with Crippen molar-refractivity contribution in [3.05, 3.63) is 175 Å². The van der Waals surface area contributed by atoms with E-state index in [4.69, 9.17) is 19.7 Å². The van der Waals surface area contributed by atoms with Gasteiger partial charge in [-0.05, 0) is 51.9 Å². The molecule has 0 radical (unpaired) electrons. The molecule has 0 aliphatic carbocycles. The molecule has 0 saturated carbocycles. The molecule has 49 heavy (non-hydrogen) atoms. The van der Waals surface area contributed by atoms with Crippen LogP contribution in [-0.2, 0) is 0 Å². The summed E-state index contributed by atoms with van der Waals surface area (Å²) in [6.07, 6.45) is -0.223. The van der Waals surface area contributed by atoms with E-state index in [1.54, 1.807) is 0 Å². The minimum absolute atomic E-state index is 0.223. The Morgan fingerprint density at radius 3 is 1.55 bits per heavy atom. The van der Waals surface area contributed by atoms with Gasteiger partial charge in [-0.3, -0.25) is 0 Å². The van der Waals surface area contributed by atoms with Crippen molar-refractivity contribution in [1.29, 1.82) is 0 Å². The Morgan fingerprint density at radius 1 is 0.408 bits per heavy atom. The number of hydrogen-bond acceptors (Lipinski definition) is 5. The summed E-state index contributed by atoms with van der Waals surface area (Å²) in [5.74, 6) is 2.76. The van der Waals surface area contributed by atoms with Crippen molar-refractivity contribution >= 4 is 16.5 Å². The third-order valence-electron chi connectivity index (χ3n) is 8.95. The van der Waals surface area contributed by atoms with Crippen LogP contribution in [0.2, 0.25) is 0 Å². The fourth-order valence-electron chi connectivity index (χ4n) is 6.44. The zero-order chi connectivity index (χ0) is 32.6. The molecule has 1 aliphatic heterocycles. The van der Waals surface area contributed by atoms with Gasteiger partial charge in [0.05, 0.1) is 5.69 Å². The molecule has 1 atom stereocenters. The van der Waals surface area contributed by atoms with Crippen LogP contribution < -0.4 is 10.1 Å². The molecule has 0 bridgehead atoms. The first-order chi connectivity index (χ1) is 24.2. The lowest BCUT2D eigenvalue weighted by atomic mass is 9.98. The molecule has 2 heterocycles. The lowest BCUT2D eigenvalue weighted by Crippen LogP contribution is -2.09. The number of rotatable bonds is 6. The van der Waals surface area contributed by atoms with E-state index >= 15 is 0 Å². The predicted molar refractivity (Wildman–Crippen MR) is 198 cm³/mol. The predicted octanol–water partition coefficient (Wildman–Crippen LogP) is 10.9. The van der Waals surface area contributed by atoms with Crippen molar-refractivity contribution in [3.63, 3.8) is 0 Å². The largest absolute Gasteiger partial charge is 0.464 e. The quantitative estimate of drug-likeness (QED) is 0.198. The number of hydrogen-bond donors (Lipinski definition) is 1. The van der Waals surface area contributed by atoms with Gasteiger partial charge < -0.3 is 10.1 Å².